The fraction of sp³-hybridized carbons (Fsp3) is 0.263. The standard InChI is InChI=1S/C19H15F3O2/c1-12-10-23-19(24-11-12)15-6-4-13(5-7-15)2-3-14-8-16(20)18(22)17(21)9-14/h4-9,12,19H,10-11H2,1H3. The first-order chi connectivity index (χ1) is 11.5. The van der Waals surface area contributed by atoms with Crippen LogP contribution in [0.3, 0.4) is 0 Å². The zero-order valence-corrected chi connectivity index (χ0v) is 13.0. The molecule has 0 unspecified atom stereocenters. The molecule has 24 heavy (non-hydrogen) atoms. The third-order valence-corrected chi connectivity index (χ3v) is 3.58. The molecule has 0 aromatic heterocycles. The molecule has 1 saturated heterocycles. The molecule has 0 radical (unpaired) electrons. The van der Waals surface area contributed by atoms with Gasteiger partial charge in [0.2, 0.25) is 0 Å². The summed E-state index contributed by atoms with van der Waals surface area (Å²) in [5, 5.41) is 0. The maximum absolute atomic E-state index is 13.1. The number of hydrogen-bond acceptors (Lipinski definition) is 2. The van der Waals surface area contributed by atoms with E-state index in [-0.39, 0.29) is 11.9 Å². The molecule has 3 rings (SSSR count). The largest absolute Gasteiger partial charge is 0.348 e. The summed E-state index contributed by atoms with van der Waals surface area (Å²) in [6, 6.07) is 8.93. The second-order valence-corrected chi connectivity index (χ2v) is 5.73. The minimum atomic E-state index is -1.49. The predicted octanol–water partition coefficient (Wildman–Crippen LogP) is 4.19. The van der Waals surface area contributed by atoms with Crippen LogP contribution in [0.15, 0.2) is 36.4 Å². The van der Waals surface area contributed by atoms with Gasteiger partial charge < -0.3 is 9.47 Å². The van der Waals surface area contributed by atoms with Gasteiger partial charge in [-0.05, 0) is 24.3 Å². The number of hydrogen-bond donors (Lipinski definition) is 0. The van der Waals surface area contributed by atoms with Crippen molar-refractivity contribution >= 4 is 0 Å². The van der Waals surface area contributed by atoms with Crippen LogP contribution in [-0.2, 0) is 9.47 Å². The normalized spacial score (nSPS) is 20.3. The molecular weight excluding hydrogens is 317 g/mol. The van der Waals surface area contributed by atoms with E-state index in [0.717, 1.165) is 17.7 Å². The van der Waals surface area contributed by atoms with Gasteiger partial charge in [-0.1, -0.05) is 30.9 Å². The van der Waals surface area contributed by atoms with Gasteiger partial charge in [0.25, 0.3) is 0 Å². The molecule has 0 amide bonds. The summed E-state index contributed by atoms with van der Waals surface area (Å²) < 4.78 is 50.4. The molecule has 2 aromatic rings. The average molecular weight is 332 g/mol. The van der Waals surface area contributed by atoms with Crippen molar-refractivity contribution in [3.05, 3.63) is 70.5 Å². The molecule has 1 aliphatic rings. The Morgan fingerprint density at radius 1 is 0.875 bits per heavy atom. The molecule has 2 nitrogen and oxygen atoms in total. The van der Waals surface area contributed by atoms with Crippen molar-refractivity contribution in [2.75, 3.05) is 13.2 Å². The molecule has 1 heterocycles. The Balaban J connectivity index is 1.73. The molecule has 5 heteroatoms. The lowest BCUT2D eigenvalue weighted by Gasteiger charge is -2.27. The molecule has 0 spiro atoms. The Kier molecular flexibility index (Phi) is 4.89. The highest BCUT2D eigenvalue weighted by molar-refractivity contribution is 5.44. The highest BCUT2D eigenvalue weighted by atomic mass is 19.2. The molecule has 1 aliphatic heterocycles. The zero-order chi connectivity index (χ0) is 17.1. The molecule has 0 N–H and O–H groups in total. The van der Waals surface area contributed by atoms with Crippen LogP contribution < -0.4 is 0 Å². The lowest BCUT2D eigenvalue weighted by Crippen LogP contribution is -2.24. The van der Waals surface area contributed by atoms with Crippen LogP contribution in [0.25, 0.3) is 0 Å². The first-order valence-electron chi connectivity index (χ1n) is 7.52. The SMILES string of the molecule is CC1COC(c2ccc(C#Cc3cc(F)c(F)c(F)c3)cc2)OC1. The van der Waals surface area contributed by atoms with E-state index in [1.165, 1.54) is 0 Å². The molecule has 0 aliphatic carbocycles. The van der Waals surface area contributed by atoms with Crippen LogP contribution in [-0.4, -0.2) is 13.2 Å². The Labute approximate surface area is 138 Å². The topological polar surface area (TPSA) is 18.5 Å². The number of ether oxygens (including phenoxy) is 2. The number of rotatable bonds is 1. The molecule has 124 valence electrons. The van der Waals surface area contributed by atoms with Crippen molar-refractivity contribution in [2.45, 2.75) is 13.2 Å². The average Bonchev–Trinajstić information content (AvgIpc) is 2.59. The Morgan fingerprint density at radius 3 is 2.00 bits per heavy atom. The molecule has 0 bridgehead atoms. The van der Waals surface area contributed by atoms with Crippen LogP contribution in [0.1, 0.15) is 29.9 Å². The van der Waals surface area contributed by atoms with Gasteiger partial charge in [0.05, 0.1) is 13.2 Å². The maximum Gasteiger partial charge on any atom is 0.194 e. The van der Waals surface area contributed by atoms with Gasteiger partial charge in [-0.15, -0.1) is 0 Å². The minimum Gasteiger partial charge on any atom is -0.348 e. The van der Waals surface area contributed by atoms with Crippen molar-refractivity contribution in [1.82, 2.24) is 0 Å². The van der Waals surface area contributed by atoms with Crippen molar-refractivity contribution in [3.8, 4) is 11.8 Å². The van der Waals surface area contributed by atoms with Gasteiger partial charge in [-0.25, -0.2) is 13.2 Å². The summed E-state index contributed by atoms with van der Waals surface area (Å²) in [6.45, 7) is 3.35. The number of halogens is 3. The number of benzene rings is 2. The summed E-state index contributed by atoms with van der Waals surface area (Å²) in [4.78, 5) is 0. The fourth-order valence-electron chi connectivity index (χ4n) is 2.29. The van der Waals surface area contributed by atoms with Gasteiger partial charge >= 0.3 is 0 Å². The van der Waals surface area contributed by atoms with E-state index in [1.54, 1.807) is 12.1 Å². The fourth-order valence-corrected chi connectivity index (χ4v) is 2.29. The van der Waals surface area contributed by atoms with E-state index in [9.17, 15) is 13.2 Å². The van der Waals surface area contributed by atoms with Crippen molar-refractivity contribution < 1.29 is 22.6 Å². The van der Waals surface area contributed by atoms with Crippen LogP contribution in [0.2, 0.25) is 0 Å². The molecule has 0 saturated carbocycles. The Bertz CT molecular complexity index is 759. The summed E-state index contributed by atoms with van der Waals surface area (Å²) in [7, 11) is 0. The van der Waals surface area contributed by atoms with Crippen molar-refractivity contribution in [3.63, 3.8) is 0 Å². The first kappa shape index (κ1) is 16.6. The predicted molar refractivity (Wildman–Crippen MR) is 82.5 cm³/mol. The first-order valence-corrected chi connectivity index (χ1v) is 7.52. The quantitative estimate of drug-likeness (QED) is 0.576. The van der Waals surface area contributed by atoms with E-state index < -0.39 is 17.5 Å². The van der Waals surface area contributed by atoms with Crippen LogP contribution in [0, 0.1) is 35.2 Å². The third-order valence-electron chi connectivity index (χ3n) is 3.58. The molecule has 1 fully saturated rings. The Hall–Kier alpha value is -2.29. The van der Waals surface area contributed by atoms with Crippen LogP contribution >= 0.6 is 0 Å². The Morgan fingerprint density at radius 2 is 1.42 bits per heavy atom. The van der Waals surface area contributed by atoms with E-state index in [2.05, 4.69) is 18.8 Å². The highest BCUT2D eigenvalue weighted by Crippen LogP contribution is 2.25. The van der Waals surface area contributed by atoms with Gasteiger partial charge in [0.15, 0.2) is 23.7 Å². The van der Waals surface area contributed by atoms with Crippen molar-refractivity contribution in [1.29, 1.82) is 0 Å². The highest BCUT2D eigenvalue weighted by Gasteiger charge is 2.20. The second kappa shape index (κ2) is 7.08. The van der Waals surface area contributed by atoms with E-state index in [0.29, 0.717) is 24.7 Å². The minimum absolute atomic E-state index is 0.0726. The van der Waals surface area contributed by atoms with Crippen LogP contribution in [0.4, 0.5) is 13.2 Å². The second-order valence-electron chi connectivity index (χ2n) is 5.73. The van der Waals surface area contributed by atoms with E-state index in [4.69, 9.17) is 9.47 Å². The molecule has 0 atom stereocenters. The lowest BCUT2D eigenvalue weighted by molar-refractivity contribution is -0.202. The van der Waals surface area contributed by atoms with Gasteiger partial charge in [-0.3, -0.25) is 0 Å². The van der Waals surface area contributed by atoms with Gasteiger partial charge in [0, 0.05) is 22.6 Å². The maximum atomic E-state index is 13.1. The monoisotopic (exact) mass is 332 g/mol. The smallest absolute Gasteiger partial charge is 0.194 e. The van der Waals surface area contributed by atoms with Gasteiger partial charge in [0.1, 0.15) is 0 Å². The summed E-state index contributed by atoms with van der Waals surface area (Å²) in [5.74, 6) is 1.78. The third kappa shape index (κ3) is 3.78. The molecule has 2 aromatic carbocycles. The summed E-state index contributed by atoms with van der Waals surface area (Å²) in [6.07, 6.45) is -0.386. The summed E-state index contributed by atoms with van der Waals surface area (Å²) >= 11 is 0. The van der Waals surface area contributed by atoms with Gasteiger partial charge in [-0.2, -0.15) is 0 Å². The van der Waals surface area contributed by atoms with Crippen molar-refractivity contribution in [2.24, 2.45) is 5.92 Å². The lowest BCUT2D eigenvalue weighted by atomic mass is 10.1. The molecular formula is C19H15F3O2. The zero-order valence-electron chi connectivity index (χ0n) is 13.0. The van der Waals surface area contributed by atoms with Crippen LogP contribution in [0.5, 0.6) is 0 Å². The van der Waals surface area contributed by atoms with E-state index >= 15 is 0 Å². The summed E-state index contributed by atoms with van der Waals surface area (Å²) in [5.41, 5.74) is 1.61. The van der Waals surface area contributed by atoms with E-state index in [1.807, 2.05) is 12.1 Å².